The van der Waals surface area contributed by atoms with E-state index in [1.807, 2.05) is 0 Å². The second kappa shape index (κ2) is 6.74. The Balaban J connectivity index is 1.10. The Kier molecular flexibility index (Phi) is 4.36. The van der Waals surface area contributed by atoms with Crippen molar-refractivity contribution in [1.82, 2.24) is 16.0 Å². The molecule has 6 aliphatic rings. The molecular formula is C23H39N3. The van der Waals surface area contributed by atoms with Gasteiger partial charge in [0.05, 0.1) is 6.17 Å². The molecule has 0 radical (unpaired) electrons. The summed E-state index contributed by atoms with van der Waals surface area (Å²) in [6.45, 7) is 0. The van der Waals surface area contributed by atoms with Crippen LogP contribution in [0.1, 0.15) is 83.5 Å². The molecule has 3 aliphatic heterocycles. The highest BCUT2D eigenvalue weighted by molar-refractivity contribution is 5.06. The lowest BCUT2D eigenvalue weighted by atomic mass is 9.68. The molecule has 6 fully saturated rings. The highest BCUT2D eigenvalue weighted by Gasteiger charge is 2.50. The molecule has 0 aromatic rings. The molecule has 26 heavy (non-hydrogen) atoms. The van der Waals surface area contributed by atoms with E-state index in [1.54, 1.807) is 0 Å². The lowest BCUT2D eigenvalue weighted by molar-refractivity contribution is 0.119. The minimum atomic E-state index is 0.638. The van der Waals surface area contributed by atoms with E-state index >= 15 is 0 Å². The molecule has 3 saturated heterocycles. The Morgan fingerprint density at radius 1 is 0.423 bits per heavy atom. The third-order valence-corrected chi connectivity index (χ3v) is 9.71. The molecule has 0 bridgehead atoms. The molecule has 0 aromatic carbocycles. The maximum absolute atomic E-state index is 4.15. The van der Waals surface area contributed by atoms with Gasteiger partial charge in [-0.1, -0.05) is 25.7 Å². The summed E-state index contributed by atoms with van der Waals surface area (Å²) in [7, 11) is 0. The number of hydrogen-bond donors (Lipinski definition) is 3. The quantitative estimate of drug-likeness (QED) is 0.668. The van der Waals surface area contributed by atoms with Crippen LogP contribution in [0.3, 0.4) is 0 Å². The molecule has 3 aliphatic carbocycles. The van der Waals surface area contributed by atoms with Crippen molar-refractivity contribution in [1.29, 1.82) is 0 Å². The van der Waals surface area contributed by atoms with Crippen LogP contribution in [0.2, 0.25) is 0 Å². The molecule has 0 aromatic heterocycles. The van der Waals surface area contributed by atoms with E-state index in [2.05, 4.69) is 16.0 Å². The summed E-state index contributed by atoms with van der Waals surface area (Å²) < 4.78 is 0. The lowest BCUT2D eigenvalue weighted by Gasteiger charge is -2.43. The van der Waals surface area contributed by atoms with Crippen LogP contribution in [-0.4, -0.2) is 30.3 Å². The molecule has 3 heterocycles. The van der Waals surface area contributed by atoms with Gasteiger partial charge in [0.2, 0.25) is 0 Å². The van der Waals surface area contributed by atoms with E-state index in [0.29, 0.717) is 6.17 Å². The van der Waals surface area contributed by atoms with Gasteiger partial charge in [-0.25, -0.2) is 0 Å². The highest BCUT2D eigenvalue weighted by Crippen LogP contribution is 2.48. The zero-order chi connectivity index (χ0) is 17.1. The highest BCUT2D eigenvalue weighted by atomic mass is 15.2. The van der Waals surface area contributed by atoms with E-state index in [9.17, 15) is 0 Å². The van der Waals surface area contributed by atoms with Crippen molar-refractivity contribution in [3.8, 4) is 0 Å². The van der Waals surface area contributed by atoms with E-state index in [1.165, 1.54) is 83.5 Å². The van der Waals surface area contributed by atoms with Crippen molar-refractivity contribution in [2.75, 3.05) is 0 Å². The van der Waals surface area contributed by atoms with Crippen LogP contribution >= 0.6 is 0 Å². The number of hydrogen-bond acceptors (Lipinski definition) is 3. The summed E-state index contributed by atoms with van der Waals surface area (Å²) in [5, 5.41) is 12.3. The minimum Gasteiger partial charge on any atom is -0.311 e. The van der Waals surface area contributed by atoms with Crippen molar-refractivity contribution >= 4 is 0 Å². The summed E-state index contributed by atoms with van der Waals surface area (Å²) >= 11 is 0. The number of rotatable bonds is 1. The van der Waals surface area contributed by atoms with Gasteiger partial charge in [-0.2, -0.15) is 0 Å². The first-order valence-electron chi connectivity index (χ1n) is 12.1. The van der Waals surface area contributed by atoms with Gasteiger partial charge in [-0.3, -0.25) is 10.6 Å². The molecule has 10 atom stereocenters. The molecular weight excluding hydrogens is 318 g/mol. The molecule has 3 nitrogen and oxygen atoms in total. The predicted octanol–water partition coefficient (Wildman–Crippen LogP) is 3.79. The average molecular weight is 358 g/mol. The Morgan fingerprint density at radius 3 is 1.88 bits per heavy atom. The van der Waals surface area contributed by atoms with Gasteiger partial charge in [0.1, 0.15) is 0 Å². The van der Waals surface area contributed by atoms with Gasteiger partial charge >= 0.3 is 0 Å². The van der Waals surface area contributed by atoms with Gasteiger partial charge in [-0.05, 0) is 87.4 Å². The molecule has 0 spiro atoms. The normalized spacial score (nSPS) is 56.3. The molecule has 146 valence electrons. The van der Waals surface area contributed by atoms with Crippen LogP contribution in [0.25, 0.3) is 0 Å². The van der Waals surface area contributed by atoms with Crippen LogP contribution in [0, 0.1) is 29.6 Å². The number of fused-ring (bicyclic) bond motifs is 6. The molecule has 10 unspecified atom stereocenters. The van der Waals surface area contributed by atoms with Crippen LogP contribution in [-0.2, 0) is 0 Å². The summed E-state index contributed by atoms with van der Waals surface area (Å²) in [5.41, 5.74) is 0. The fourth-order valence-corrected chi connectivity index (χ4v) is 8.54. The van der Waals surface area contributed by atoms with Crippen molar-refractivity contribution in [2.45, 2.75) is 114 Å². The SMILES string of the molecule is C1CCC2C(C1)NC1CC(C3CCC4C(N3)NC3CCCCC34)CCC12. The molecule has 3 saturated carbocycles. The lowest BCUT2D eigenvalue weighted by Crippen LogP contribution is -2.55. The van der Waals surface area contributed by atoms with Crippen molar-refractivity contribution in [3.05, 3.63) is 0 Å². The average Bonchev–Trinajstić information content (AvgIpc) is 3.24. The standard InChI is InChI=1S/C23H39N3/c1-3-7-20-15(5-1)17-10-9-14(13-22(17)24-20)19-12-11-18-16-6-2-4-8-21(16)26-23(18)25-19/h14-26H,1-13H2. The molecule has 0 amide bonds. The maximum Gasteiger partial charge on any atom is 0.0608 e. The fraction of sp³-hybridized carbons (Fsp3) is 1.00. The summed E-state index contributed by atoms with van der Waals surface area (Å²) in [4.78, 5) is 0. The molecule has 6 rings (SSSR count). The van der Waals surface area contributed by atoms with Crippen molar-refractivity contribution in [3.63, 3.8) is 0 Å². The second-order valence-electron chi connectivity index (χ2n) is 10.8. The van der Waals surface area contributed by atoms with Crippen LogP contribution in [0.4, 0.5) is 0 Å². The predicted molar refractivity (Wildman–Crippen MR) is 106 cm³/mol. The molecule has 3 heteroatoms. The van der Waals surface area contributed by atoms with Gasteiger partial charge in [0, 0.05) is 24.2 Å². The first-order valence-corrected chi connectivity index (χ1v) is 12.1. The monoisotopic (exact) mass is 357 g/mol. The Hall–Kier alpha value is -0.120. The van der Waals surface area contributed by atoms with E-state index in [4.69, 9.17) is 0 Å². The maximum atomic E-state index is 4.15. The van der Waals surface area contributed by atoms with Crippen molar-refractivity contribution in [2.24, 2.45) is 29.6 Å². The Morgan fingerprint density at radius 2 is 1.04 bits per heavy atom. The third kappa shape index (κ3) is 2.71. The minimum absolute atomic E-state index is 0.638. The summed E-state index contributed by atoms with van der Waals surface area (Å²) in [5.74, 6) is 4.88. The van der Waals surface area contributed by atoms with Gasteiger partial charge in [-0.15, -0.1) is 0 Å². The van der Waals surface area contributed by atoms with Gasteiger partial charge in [0.15, 0.2) is 0 Å². The van der Waals surface area contributed by atoms with Gasteiger partial charge < -0.3 is 5.32 Å². The number of nitrogens with one attached hydrogen (secondary N) is 3. The van der Waals surface area contributed by atoms with E-state index < -0.39 is 0 Å². The number of piperidine rings is 1. The first-order chi connectivity index (χ1) is 12.9. The van der Waals surface area contributed by atoms with Crippen LogP contribution in [0.15, 0.2) is 0 Å². The third-order valence-electron chi connectivity index (χ3n) is 9.71. The molecule has 3 N–H and O–H groups in total. The Labute approximate surface area is 159 Å². The Bertz CT molecular complexity index is 476. The van der Waals surface area contributed by atoms with E-state index in [0.717, 1.165) is 53.8 Å². The fourth-order valence-electron chi connectivity index (χ4n) is 8.54. The smallest absolute Gasteiger partial charge is 0.0608 e. The zero-order valence-corrected chi connectivity index (χ0v) is 16.5. The zero-order valence-electron chi connectivity index (χ0n) is 16.5. The first kappa shape index (κ1) is 16.8. The topological polar surface area (TPSA) is 36.1 Å². The van der Waals surface area contributed by atoms with Crippen LogP contribution < -0.4 is 16.0 Å². The van der Waals surface area contributed by atoms with Crippen molar-refractivity contribution < 1.29 is 0 Å². The van der Waals surface area contributed by atoms with E-state index in [-0.39, 0.29) is 0 Å². The second-order valence-corrected chi connectivity index (χ2v) is 10.8. The van der Waals surface area contributed by atoms with Crippen LogP contribution in [0.5, 0.6) is 0 Å². The summed E-state index contributed by atoms with van der Waals surface area (Å²) in [6, 6.07) is 3.34. The van der Waals surface area contributed by atoms with Gasteiger partial charge in [0.25, 0.3) is 0 Å². The largest absolute Gasteiger partial charge is 0.311 e. The summed E-state index contributed by atoms with van der Waals surface area (Å²) in [6.07, 6.45) is 19.8.